The number of hydrogen-bond donors (Lipinski definition) is 1. The molecule has 4 nitrogen and oxygen atoms in total. The molecule has 4 heteroatoms. The molecule has 0 spiro atoms. The van der Waals surface area contributed by atoms with Crippen molar-refractivity contribution >= 4 is 11.0 Å². The number of piperidine rings is 2. The molecule has 118 valence electrons. The molecule has 2 aromatic rings. The first kappa shape index (κ1) is 14.2. The zero-order valence-electron chi connectivity index (χ0n) is 13.5. The highest BCUT2D eigenvalue weighted by molar-refractivity contribution is 5.76. The Bertz CT molecular complexity index is 695. The number of aliphatic hydroxyl groups excluding tert-OH is 1. The van der Waals surface area contributed by atoms with Crippen LogP contribution in [0.1, 0.15) is 50.9 Å². The third-order valence-corrected chi connectivity index (χ3v) is 6.05. The first-order valence-corrected chi connectivity index (χ1v) is 8.42. The number of aliphatic hydroxyl groups is 1. The summed E-state index contributed by atoms with van der Waals surface area (Å²) in [6.45, 7) is 2.42. The summed E-state index contributed by atoms with van der Waals surface area (Å²) in [6, 6.07) is 9.37. The van der Waals surface area contributed by atoms with E-state index in [1.54, 1.807) is 0 Å². The summed E-state index contributed by atoms with van der Waals surface area (Å²) in [5, 5.41) is 9.78. The van der Waals surface area contributed by atoms with Crippen LogP contribution < -0.4 is 0 Å². The van der Waals surface area contributed by atoms with Gasteiger partial charge in [-0.1, -0.05) is 18.6 Å². The highest BCUT2D eigenvalue weighted by atomic mass is 16.3. The predicted octanol–water partition coefficient (Wildman–Crippen LogP) is 3.11. The van der Waals surface area contributed by atoms with Gasteiger partial charge in [0.05, 0.1) is 11.0 Å². The molecule has 3 heterocycles. The second-order valence-electron chi connectivity index (χ2n) is 7.29. The van der Waals surface area contributed by atoms with Crippen LogP contribution in [0.4, 0.5) is 0 Å². The fourth-order valence-corrected chi connectivity index (χ4v) is 4.77. The van der Waals surface area contributed by atoms with Gasteiger partial charge in [0, 0.05) is 17.6 Å². The van der Waals surface area contributed by atoms with Gasteiger partial charge >= 0.3 is 0 Å². The standard InChI is InChI=1S/C18H25N3O/c1-18-9-5-6-13(20(18)2)10-14(11-18)21-16-8-4-3-7-15(16)19-17(21)12-22/h3-4,7-8,13-14,22H,5-6,9-12H2,1-2H3/t13-,14?,18?/m0/s1. The van der Waals surface area contributed by atoms with Crippen molar-refractivity contribution in [3.63, 3.8) is 0 Å². The van der Waals surface area contributed by atoms with Crippen LogP contribution in [0.3, 0.4) is 0 Å². The van der Waals surface area contributed by atoms with E-state index in [4.69, 9.17) is 0 Å². The van der Waals surface area contributed by atoms with Crippen LogP contribution in [0.2, 0.25) is 0 Å². The maximum Gasteiger partial charge on any atom is 0.135 e. The molecular weight excluding hydrogens is 274 g/mol. The van der Waals surface area contributed by atoms with E-state index in [0.29, 0.717) is 12.1 Å². The number of rotatable bonds is 2. The van der Waals surface area contributed by atoms with Crippen molar-refractivity contribution < 1.29 is 5.11 Å². The Balaban J connectivity index is 1.79. The maximum atomic E-state index is 9.78. The Hall–Kier alpha value is -1.39. The van der Waals surface area contributed by atoms with Crippen LogP contribution in [0, 0.1) is 0 Å². The van der Waals surface area contributed by atoms with Crippen molar-refractivity contribution in [1.29, 1.82) is 0 Å². The molecule has 4 rings (SSSR count). The molecular formula is C18H25N3O. The van der Waals surface area contributed by atoms with Crippen molar-refractivity contribution in [2.45, 2.75) is 63.3 Å². The Morgan fingerprint density at radius 3 is 2.91 bits per heavy atom. The van der Waals surface area contributed by atoms with E-state index >= 15 is 0 Å². The highest BCUT2D eigenvalue weighted by Crippen LogP contribution is 2.45. The summed E-state index contributed by atoms with van der Waals surface area (Å²) in [5.41, 5.74) is 2.45. The number of hydrogen-bond acceptors (Lipinski definition) is 3. The van der Waals surface area contributed by atoms with Crippen molar-refractivity contribution in [2.75, 3.05) is 7.05 Å². The molecule has 2 bridgehead atoms. The van der Waals surface area contributed by atoms with Gasteiger partial charge in [0.2, 0.25) is 0 Å². The van der Waals surface area contributed by atoms with E-state index < -0.39 is 0 Å². The van der Waals surface area contributed by atoms with Crippen LogP contribution >= 0.6 is 0 Å². The number of fused-ring (bicyclic) bond motifs is 3. The summed E-state index contributed by atoms with van der Waals surface area (Å²) in [4.78, 5) is 7.24. The molecule has 2 aliphatic rings. The molecule has 0 saturated carbocycles. The third kappa shape index (κ3) is 2.01. The van der Waals surface area contributed by atoms with E-state index in [1.807, 2.05) is 12.1 Å². The van der Waals surface area contributed by atoms with Gasteiger partial charge in [-0.2, -0.15) is 0 Å². The molecule has 2 saturated heterocycles. The van der Waals surface area contributed by atoms with Crippen LogP contribution in [-0.4, -0.2) is 38.2 Å². The lowest BCUT2D eigenvalue weighted by Crippen LogP contribution is -2.57. The molecule has 1 aromatic carbocycles. The van der Waals surface area contributed by atoms with E-state index in [2.05, 4.69) is 40.6 Å². The van der Waals surface area contributed by atoms with Gasteiger partial charge in [-0.25, -0.2) is 4.98 Å². The second kappa shape index (κ2) is 5.07. The summed E-state index contributed by atoms with van der Waals surface area (Å²) in [7, 11) is 2.29. The fraction of sp³-hybridized carbons (Fsp3) is 0.611. The number of imidazole rings is 1. The summed E-state index contributed by atoms with van der Waals surface area (Å²) >= 11 is 0. The van der Waals surface area contributed by atoms with Gasteiger partial charge in [0.15, 0.2) is 0 Å². The molecule has 3 atom stereocenters. The second-order valence-corrected chi connectivity index (χ2v) is 7.29. The summed E-state index contributed by atoms with van der Waals surface area (Å²) in [5.74, 6) is 0.817. The summed E-state index contributed by atoms with van der Waals surface area (Å²) in [6.07, 6.45) is 6.23. The predicted molar refractivity (Wildman–Crippen MR) is 87.7 cm³/mol. The maximum absolute atomic E-state index is 9.78. The minimum atomic E-state index is 0.0163. The molecule has 22 heavy (non-hydrogen) atoms. The molecule has 1 aromatic heterocycles. The van der Waals surface area contributed by atoms with E-state index in [0.717, 1.165) is 17.8 Å². The van der Waals surface area contributed by atoms with Crippen LogP contribution in [0.5, 0.6) is 0 Å². The van der Waals surface area contributed by atoms with Crippen molar-refractivity contribution in [1.82, 2.24) is 14.5 Å². The quantitative estimate of drug-likeness (QED) is 0.926. The number of para-hydroxylation sites is 2. The lowest BCUT2D eigenvalue weighted by molar-refractivity contribution is -0.0276. The first-order valence-electron chi connectivity index (χ1n) is 8.42. The zero-order valence-corrected chi connectivity index (χ0v) is 13.5. The van der Waals surface area contributed by atoms with Gasteiger partial charge in [-0.05, 0) is 51.8 Å². The van der Waals surface area contributed by atoms with Crippen molar-refractivity contribution in [3.05, 3.63) is 30.1 Å². The molecule has 1 N–H and O–H groups in total. The zero-order chi connectivity index (χ0) is 15.3. The number of nitrogens with zero attached hydrogens (tertiary/aromatic N) is 3. The Morgan fingerprint density at radius 1 is 1.32 bits per heavy atom. The third-order valence-electron chi connectivity index (χ3n) is 6.05. The SMILES string of the molecule is CN1[C@H]2CCCC1(C)CC(n1c(CO)nc3ccccc31)C2. The van der Waals surface area contributed by atoms with Gasteiger partial charge < -0.3 is 9.67 Å². The number of benzene rings is 1. The number of aromatic nitrogens is 2. The molecule has 2 aliphatic heterocycles. The molecule has 0 radical (unpaired) electrons. The largest absolute Gasteiger partial charge is 0.388 e. The van der Waals surface area contributed by atoms with Crippen LogP contribution in [-0.2, 0) is 6.61 Å². The topological polar surface area (TPSA) is 41.3 Å². The Morgan fingerprint density at radius 2 is 2.14 bits per heavy atom. The normalized spacial score (nSPS) is 32.5. The Labute approximate surface area is 131 Å². The average Bonchev–Trinajstić information content (AvgIpc) is 2.87. The smallest absolute Gasteiger partial charge is 0.135 e. The van der Waals surface area contributed by atoms with Crippen LogP contribution in [0.25, 0.3) is 11.0 Å². The van der Waals surface area contributed by atoms with Crippen LogP contribution in [0.15, 0.2) is 24.3 Å². The minimum absolute atomic E-state index is 0.0163. The van der Waals surface area contributed by atoms with E-state index in [9.17, 15) is 5.11 Å². The lowest BCUT2D eigenvalue weighted by Gasteiger charge is -2.54. The van der Waals surface area contributed by atoms with Gasteiger partial charge in [0.1, 0.15) is 12.4 Å². The molecule has 0 amide bonds. The van der Waals surface area contributed by atoms with Gasteiger partial charge in [-0.15, -0.1) is 0 Å². The first-order chi connectivity index (χ1) is 10.6. The fourth-order valence-electron chi connectivity index (χ4n) is 4.77. The summed E-state index contributed by atoms with van der Waals surface area (Å²) < 4.78 is 2.32. The molecule has 2 fully saturated rings. The van der Waals surface area contributed by atoms with Crippen molar-refractivity contribution in [2.24, 2.45) is 0 Å². The van der Waals surface area contributed by atoms with E-state index in [1.165, 1.54) is 31.2 Å². The Kier molecular flexibility index (Phi) is 3.27. The van der Waals surface area contributed by atoms with Crippen molar-refractivity contribution in [3.8, 4) is 0 Å². The monoisotopic (exact) mass is 299 g/mol. The average molecular weight is 299 g/mol. The van der Waals surface area contributed by atoms with Gasteiger partial charge in [-0.3, -0.25) is 4.90 Å². The minimum Gasteiger partial charge on any atom is -0.388 e. The highest BCUT2D eigenvalue weighted by Gasteiger charge is 2.45. The molecule has 2 unspecified atom stereocenters. The lowest BCUT2D eigenvalue weighted by atomic mass is 9.73. The van der Waals surface area contributed by atoms with Gasteiger partial charge in [0.25, 0.3) is 0 Å². The van der Waals surface area contributed by atoms with E-state index in [-0.39, 0.29) is 12.1 Å². The molecule has 0 aliphatic carbocycles.